The van der Waals surface area contributed by atoms with Crippen LogP contribution in [0.1, 0.15) is 10.5 Å². The summed E-state index contributed by atoms with van der Waals surface area (Å²) in [5.41, 5.74) is 0.746. The minimum atomic E-state index is -1.12. The van der Waals surface area contributed by atoms with Crippen molar-refractivity contribution in [3.8, 4) is 0 Å². The molecule has 0 radical (unpaired) electrons. The van der Waals surface area contributed by atoms with Gasteiger partial charge in [0, 0.05) is 18.5 Å². The SMILES string of the molecule is COC(=O)C(Br)C(=O)c1nc(Cl)cc2c1cnn2C. The molecule has 2 heterocycles. The topological polar surface area (TPSA) is 74.1 Å². The van der Waals surface area contributed by atoms with Gasteiger partial charge in [0.05, 0.1) is 18.8 Å². The Morgan fingerprint density at radius 2 is 2.21 bits per heavy atom. The van der Waals surface area contributed by atoms with Gasteiger partial charge in [0.1, 0.15) is 10.8 Å². The van der Waals surface area contributed by atoms with E-state index in [1.165, 1.54) is 13.3 Å². The molecule has 0 amide bonds. The second-order valence-electron chi connectivity index (χ2n) is 3.74. The highest BCUT2D eigenvalue weighted by Crippen LogP contribution is 2.23. The van der Waals surface area contributed by atoms with E-state index >= 15 is 0 Å². The first-order valence-corrected chi connectivity index (χ1v) is 6.49. The number of carbonyl (C=O) groups excluding carboxylic acids is 2. The molecule has 0 aliphatic heterocycles. The highest BCUT2D eigenvalue weighted by atomic mass is 79.9. The minimum Gasteiger partial charge on any atom is -0.468 e. The number of pyridine rings is 1. The van der Waals surface area contributed by atoms with Crippen molar-refractivity contribution in [2.24, 2.45) is 7.05 Å². The van der Waals surface area contributed by atoms with Gasteiger partial charge in [-0.05, 0) is 0 Å². The largest absolute Gasteiger partial charge is 0.468 e. The van der Waals surface area contributed by atoms with E-state index < -0.39 is 16.6 Å². The average molecular weight is 347 g/mol. The normalized spacial score (nSPS) is 12.4. The lowest BCUT2D eigenvalue weighted by Crippen LogP contribution is -2.26. The van der Waals surface area contributed by atoms with Gasteiger partial charge in [-0.1, -0.05) is 27.5 Å². The van der Waals surface area contributed by atoms with Crippen LogP contribution in [0.2, 0.25) is 5.15 Å². The maximum Gasteiger partial charge on any atom is 0.327 e. The molecule has 1 atom stereocenters. The van der Waals surface area contributed by atoms with Crippen molar-refractivity contribution < 1.29 is 14.3 Å². The van der Waals surface area contributed by atoms with E-state index in [4.69, 9.17) is 11.6 Å². The smallest absolute Gasteiger partial charge is 0.327 e. The number of aryl methyl sites for hydroxylation is 1. The number of ketones is 1. The Hall–Kier alpha value is -1.47. The molecule has 0 spiro atoms. The molecule has 19 heavy (non-hydrogen) atoms. The summed E-state index contributed by atoms with van der Waals surface area (Å²) in [4.78, 5) is 26.5. The lowest BCUT2D eigenvalue weighted by molar-refractivity contribution is -0.138. The number of nitrogens with zero attached hydrogens (tertiary/aromatic N) is 3. The van der Waals surface area contributed by atoms with Crippen molar-refractivity contribution in [1.82, 2.24) is 14.8 Å². The molecule has 6 nitrogen and oxygen atoms in total. The van der Waals surface area contributed by atoms with E-state index in [0.29, 0.717) is 10.9 Å². The van der Waals surface area contributed by atoms with Crippen molar-refractivity contribution in [2.75, 3.05) is 7.11 Å². The summed E-state index contributed by atoms with van der Waals surface area (Å²) < 4.78 is 6.08. The van der Waals surface area contributed by atoms with Gasteiger partial charge < -0.3 is 4.74 Å². The van der Waals surface area contributed by atoms with E-state index in [2.05, 4.69) is 30.7 Å². The highest BCUT2D eigenvalue weighted by molar-refractivity contribution is 9.10. The van der Waals surface area contributed by atoms with Crippen molar-refractivity contribution >= 4 is 50.2 Å². The summed E-state index contributed by atoms with van der Waals surface area (Å²) in [7, 11) is 2.92. The number of fused-ring (bicyclic) bond motifs is 1. The van der Waals surface area contributed by atoms with Gasteiger partial charge in [-0.2, -0.15) is 5.10 Å². The molecule has 0 aromatic carbocycles. The van der Waals surface area contributed by atoms with Crippen LogP contribution in [0.4, 0.5) is 0 Å². The summed E-state index contributed by atoms with van der Waals surface area (Å²) in [6, 6.07) is 1.60. The maximum absolute atomic E-state index is 12.2. The first-order chi connectivity index (χ1) is 8.95. The van der Waals surface area contributed by atoms with Gasteiger partial charge in [-0.25, -0.2) is 4.98 Å². The number of hydrogen-bond donors (Lipinski definition) is 0. The van der Waals surface area contributed by atoms with E-state index in [9.17, 15) is 9.59 Å². The molecule has 2 rings (SSSR count). The molecular formula is C11H9BrClN3O3. The number of carbonyl (C=O) groups is 2. The lowest BCUT2D eigenvalue weighted by Gasteiger charge is -2.07. The number of alkyl halides is 1. The zero-order valence-corrected chi connectivity index (χ0v) is 12.4. The molecule has 1 unspecified atom stereocenters. The molecule has 0 aliphatic rings. The molecule has 0 saturated carbocycles. The number of esters is 1. The number of halogens is 2. The number of hydrogen-bond acceptors (Lipinski definition) is 5. The summed E-state index contributed by atoms with van der Waals surface area (Å²) in [5.74, 6) is -1.21. The molecule has 2 aromatic rings. The first kappa shape index (κ1) is 14.0. The van der Waals surface area contributed by atoms with Gasteiger partial charge in [0.25, 0.3) is 0 Å². The van der Waals surface area contributed by atoms with Gasteiger partial charge in [0.15, 0.2) is 4.83 Å². The Balaban J connectivity index is 2.56. The van der Waals surface area contributed by atoms with Crippen molar-refractivity contribution in [3.05, 3.63) is 23.1 Å². The Morgan fingerprint density at radius 3 is 2.84 bits per heavy atom. The van der Waals surface area contributed by atoms with E-state index in [0.717, 1.165) is 0 Å². The highest BCUT2D eigenvalue weighted by Gasteiger charge is 2.28. The van der Waals surface area contributed by atoms with Crippen molar-refractivity contribution in [3.63, 3.8) is 0 Å². The molecule has 0 fully saturated rings. The zero-order chi connectivity index (χ0) is 14.2. The second kappa shape index (κ2) is 5.26. The number of ether oxygens (including phenoxy) is 1. The third kappa shape index (κ3) is 2.48. The predicted molar refractivity (Wildman–Crippen MR) is 72.6 cm³/mol. The second-order valence-corrected chi connectivity index (χ2v) is 5.05. The number of aromatic nitrogens is 3. The summed E-state index contributed by atoms with van der Waals surface area (Å²) in [5, 5.41) is 4.73. The third-order valence-corrected chi connectivity index (χ3v) is 3.57. The number of Topliss-reactive ketones (excluding diaryl/α,β-unsaturated/α-hetero) is 1. The average Bonchev–Trinajstić information content (AvgIpc) is 2.77. The molecule has 0 N–H and O–H groups in total. The molecule has 2 aromatic heterocycles. The van der Waals surface area contributed by atoms with Gasteiger partial charge >= 0.3 is 5.97 Å². The Bertz CT molecular complexity index is 670. The predicted octanol–water partition coefficient (Wildman–Crippen LogP) is 1.74. The lowest BCUT2D eigenvalue weighted by atomic mass is 10.1. The van der Waals surface area contributed by atoms with E-state index in [-0.39, 0.29) is 10.8 Å². The molecular weight excluding hydrogens is 337 g/mol. The van der Waals surface area contributed by atoms with Crippen LogP contribution in [0.25, 0.3) is 10.9 Å². The van der Waals surface area contributed by atoms with Crippen LogP contribution in [0.5, 0.6) is 0 Å². The van der Waals surface area contributed by atoms with Gasteiger partial charge in [-0.3, -0.25) is 14.3 Å². The summed E-state index contributed by atoms with van der Waals surface area (Å²) >= 11 is 8.87. The fraction of sp³-hybridized carbons (Fsp3) is 0.273. The van der Waals surface area contributed by atoms with Gasteiger partial charge in [-0.15, -0.1) is 0 Å². The van der Waals surface area contributed by atoms with Crippen molar-refractivity contribution in [1.29, 1.82) is 0 Å². The quantitative estimate of drug-likeness (QED) is 0.278. The van der Waals surface area contributed by atoms with Crippen LogP contribution in [-0.2, 0) is 16.6 Å². The fourth-order valence-corrected chi connectivity index (χ4v) is 2.22. The van der Waals surface area contributed by atoms with Crippen LogP contribution in [0.15, 0.2) is 12.3 Å². The molecule has 8 heteroatoms. The molecule has 0 aliphatic carbocycles. The van der Waals surface area contributed by atoms with Crippen LogP contribution < -0.4 is 0 Å². The van der Waals surface area contributed by atoms with E-state index in [1.807, 2.05) is 0 Å². The van der Waals surface area contributed by atoms with E-state index in [1.54, 1.807) is 17.8 Å². The minimum absolute atomic E-state index is 0.0860. The molecule has 0 saturated heterocycles. The van der Waals surface area contributed by atoms with Gasteiger partial charge in [0.2, 0.25) is 5.78 Å². The molecule has 0 bridgehead atoms. The summed E-state index contributed by atoms with van der Waals surface area (Å²) in [6.45, 7) is 0. The van der Waals surface area contributed by atoms with Crippen LogP contribution in [-0.4, -0.2) is 38.5 Å². The molecule has 100 valence electrons. The Morgan fingerprint density at radius 1 is 1.53 bits per heavy atom. The number of methoxy groups -OCH3 is 1. The van der Waals surface area contributed by atoms with Crippen LogP contribution in [0, 0.1) is 0 Å². The van der Waals surface area contributed by atoms with Crippen LogP contribution >= 0.6 is 27.5 Å². The Kier molecular flexibility index (Phi) is 3.86. The number of rotatable bonds is 3. The summed E-state index contributed by atoms with van der Waals surface area (Å²) in [6.07, 6.45) is 1.50. The first-order valence-electron chi connectivity index (χ1n) is 5.20. The van der Waals surface area contributed by atoms with Crippen LogP contribution in [0.3, 0.4) is 0 Å². The third-order valence-electron chi connectivity index (χ3n) is 2.59. The maximum atomic E-state index is 12.2. The monoisotopic (exact) mass is 345 g/mol. The Labute approximate surface area is 121 Å². The fourth-order valence-electron chi connectivity index (χ4n) is 1.63. The zero-order valence-electron chi connectivity index (χ0n) is 10.1. The standard InChI is InChI=1S/C11H9BrClN3O3/c1-16-6-3-7(13)15-9(5(6)4-14-16)10(17)8(12)11(18)19-2/h3-4,8H,1-2H3. The van der Waals surface area contributed by atoms with Crippen molar-refractivity contribution in [2.45, 2.75) is 4.83 Å².